The molecule has 2 aliphatic rings. The maximum atomic E-state index is 15.2. The number of rotatable bonds is 6. The number of aryl methyl sites for hydroxylation is 1. The lowest BCUT2D eigenvalue weighted by molar-refractivity contribution is 0.0694. The van der Waals surface area contributed by atoms with Gasteiger partial charge in [-0.15, -0.1) is 0 Å². The van der Waals surface area contributed by atoms with Crippen molar-refractivity contribution in [2.24, 2.45) is 11.7 Å². The fourth-order valence-corrected chi connectivity index (χ4v) is 4.80. The number of carboxylic acids is 1. The summed E-state index contributed by atoms with van der Waals surface area (Å²) in [4.78, 5) is 26.3. The van der Waals surface area contributed by atoms with Crippen LogP contribution in [0.2, 0.25) is 0 Å². The molecule has 0 amide bonds. The lowest BCUT2D eigenvalue weighted by atomic mass is 9.96. The summed E-state index contributed by atoms with van der Waals surface area (Å²) in [6, 6.07) is 1.60. The predicted molar refractivity (Wildman–Crippen MR) is 110 cm³/mol. The van der Waals surface area contributed by atoms with Gasteiger partial charge in [0.1, 0.15) is 5.56 Å². The summed E-state index contributed by atoms with van der Waals surface area (Å²) in [6.45, 7) is 5.37. The minimum absolute atomic E-state index is 0.108. The van der Waals surface area contributed by atoms with Gasteiger partial charge in [-0.05, 0) is 61.6 Å². The van der Waals surface area contributed by atoms with Crippen molar-refractivity contribution in [3.8, 4) is 0 Å². The van der Waals surface area contributed by atoms with Crippen LogP contribution in [0.25, 0.3) is 5.52 Å². The van der Waals surface area contributed by atoms with Gasteiger partial charge in [0.05, 0.1) is 17.4 Å². The number of aromatic carboxylic acids is 1. The van der Waals surface area contributed by atoms with E-state index in [1.54, 1.807) is 0 Å². The molecule has 0 bridgehead atoms. The Labute approximate surface area is 169 Å². The van der Waals surface area contributed by atoms with Gasteiger partial charge >= 0.3 is 5.97 Å². The number of carboxylic acid groups (broad SMARTS) is 1. The van der Waals surface area contributed by atoms with E-state index in [2.05, 4.69) is 6.92 Å². The van der Waals surface area contributed by atoms with Gasteiger partial charge in [-0.3, -0.25) is 9.20 Å². The first-order valence-corrected chi connectivity index (χ1v) is 10.5. The quantitative estimate of drug-likeness (QED) is 0.776. The molecule has 2 atom stereocenters. The van der Waals surface area contributed by atoms with Crippen LogP contribution in [0.3, 0.4) is 0 Å². The van der Waals surface area contributed by atoms with Crippen LogP contribution in [0, 0.1) is 18.7 Å². The van der Waals surface area contributed by atoms with Crippen LogP contribution in [-0.4, -0.2) is 34.6 Å². The molecule has 3 N–H and O–H groups in total. The molecule has 7 heteroatoms. The van der Waals surface area contributed by atoms with Crippen molar-refractivity contribution < 1.29 is 14.3 Å². The van der Waals surface area contributed by atoms with Crippen molar-refractivity contribution in [3.05, 3.63) is 45.1 Å². The van der Waals surface area contributed by atoms with Gasteiger partial charge in [-0.1, -0.05) is 13.3 Å². The number of fused-ring (bicyclic) bond motifs is 1. The molecule has 156 valence electrons. The number of hydrogen-bond acceptors (Lipinski definition) is 4. The third kappa shape index (κ3) is 3.41. The van der Waals surface area contributed by atoms with E-state index in [0.29, 0.717) is 29.2 Å². The lowest BCUT2D eigenvalue weighted by Crippen LogP contribution is -2.33. The van der Waals surface area contributed by atoms with Crippen LogP contribution in [-0.2, 0) is 0 Å². The largest absolute Gasteiger partial charge is 0.477 e. The molecular weight excluding hydrogens is 373 g/mol. The second kappa shape index (κ2) is 7.44. The Bertz CT molecular complexity index is 1030. The first-order valence-electron chi connectivity index (χ1n) is 10.5. The van der Waals surface area contributed by atoms with Gasteiger partial charge < -0.3 is 15.7 Å². The lowest BCUT2D eigenvalue weighted by Gasteiger charge is -2.25. The fraction of sp³-hybridized carbons (Fsp3) is 0.545. The highest BCUT2D eigenvalue weighted by molar-refractivity contribution is 5.89. The highest BCUT2D eigenvalue weighted by Gasteiger charge is 2.33. The summed E-state index contributed by atoms with van der Waals surface area (Å²) in [5.74, 6) is -1.22. The van der Waals surface area contributed by atoms with Crippen molar-refractivity contribution in [3.63, 3.8) is 0 Å². The van der Waals surface area contributed by atoms with Gasteiger partial charge in [0.25, 0.3) is 5.56 Å². The van der Waals surface area contributed by atoms with E-state index in [1.165, 1.54) is 10.5 Å². The van der Waals surface area contributed by atoms with Crippen LogP contribution >= 0.6 is 0 Å². The Morgan fingerprint density at radius 2 is 2.10 bits per heavy atom. The van der Waals surface area contributed by atoms with Crippen LogP contribution in [0.1, 0.15) is 66.4 Å². The van der Waals surface area contributed by atoms with E-state index in [1.807, 2.05) is 11.8 Å². The van der Waals surface area contributed by atoms with Gasteiger partial charge in [-0.25, -0.2) is 9.18 Å². The molecule has 2 aromatic rings. The molecule has 2 fully saturated rings. The summed E-state index contributed by atoms with van der Waals surface area (Å²) < 4.78 is 16.4. The van der Waals surface area contributed by atoms with Crippen molar-refractivity contribution in [1.82, 2.24) is 4.40 Å². The third-order valence-corrected chi connectivity index (χ3v) is 6.46. The van der Waals surface area contributed by atoms with Crippen LogP contribution in [0.5, 0.6) is 0 Å². The maximum absolute atomic E-state index is 15.2. The molecular formula is C22H28FN3O3. The SMILES string of the molecule is CCC[C@H](N)[C@@H]1CCN(c2c(F)cn3c(=O)c(C(=O)O)cc(C4CC4)c3c2C)C1. The summed E-state index contributed by atoms with van der Waals surface area (Å²) in [6.07, 6.45) is 5.98. The topological polar surface area (TPSA) is 88.0 Å². The molecule has 0 unspecified atom stereocenters. The summed E-state index contributed by atoms with van der Waals surface area (Å²) in [5, 5.41) is 9.42. The number of carbonyl (C=O) groups is 1. The Morgan fingerprint density at radius 3 is 2.72 bits per heavy atom. The maximum Gasteiger partial charge on any atom is 0.341 e. The number of halogens is 1. The zero-order valence-corrected chi connectivity index (χ0v) is 16.9. The number of anilines is 1. The number of nitrogens with two attached hydrogens (primary N) is 1. The first-order chi connectivity index (χ1) is 13.8. The van der Waals surface area contributed by atoms with Crippen molar-refractivity contribution in [2.45, 2.75) is 57.9 Å². The summed E-state index contributed by atoms with van der Waals surface area (Å²) in [5.41, 5.74) is 8.02. The third-order valence-electron chi connectivity index (χ3n) is 6.46. The van der Waals surface area contributed by atoms with Gasteiger partial charge in [-0.2, -0.15) is 0 Å². The van der Waals surface area contributed by atoms with E-state index in [-0.39, 0.29) is 17.5 Å². The molecule has 3 heterocycles. The van der Waals surface area contributed by atoms with E-state index < -0.39 is 17.3 Å². The van der Waals surface area contributed by atoms with Crippen LogP contribution in [0.15, 0.2) is 17.1 Å². The molecule has 0 spiro atoms. The average Bonchev–Trinajstić information content (AvgIpc) is 3.40. The molecule has 1 aliphatic heterocycles. The zero-order valence-electron chi connectivity index (χ0n) is 16.9. The van der Waals surface area contributed by atoms with Gasteiger partial charge in [0.2, 0.25) is 0 Å². The smallest absolute Gasteiger partial charge is 0.341 e. The minimum atomic E-state index is -1.28. The Balaban J connectivity index is 1.83. The predicted octanol–water partition coefficient (Wildman–Crippen LogP) is 3.28. The summed E-state index contributed by atoms with van der Waals surface area (Å²) >= 11 is 0. The molecule has 0 aromatic carbocycles. The molecule has 1 saturated carbocycles. The average molecular weight is 401 g/mol. The Kier molecular flexibility index (Phi) is 5.11. The van der Waals surface area contributed by atoms with Crippen LogP contribution < -0.4 is 16.2 Å². The minimum Gasteiger partial charge on any atom is -0.477 e. The normalized spacial score (nSPS) is 20.4. The fourth-order valence-electron chi connectivity index (χ4n) is 4.80. The second-order valence-electron chi connectivity index (χ2n) is 8.51. The Morgan fingerprint density at radius 1 is 1.38 bits per heavy atom. The van der Waals surface area contributed by atoms with E-state index in [0.717, 1.165) is 50.4 Å². The van der Waals surface area contributed by atoms with Crippen molar-refractivity contribution >= 4 is 17.2 Å². The van der Waals surface area contributed by atoms with Crippen molar-refractivity contribution in [1.29, 1.82) is 0 Å². The number of pyridine rings is 2. The van der Waals surface area contributed by atoms with E-state index in [9.17, 15) is 14.7 Å². The first kappa shape index (κ1) is 19.9. The molecule has 4 rings (SSSR count). The number of hydrogen-bond donors (Lipinski definition) is 2. The molecule has 1 aliphatic carbocycles. The Hall–Kier alpha value is -2.41. The van der Waals surface area contributed by atoms with Crippen LogP contribution in [0.4, 0.5) is 10.1 Å². The molecule has 29 heavy (non-hydrogen) atoms. The number of nitrogens with zero attached hydrogens (tertiary/aromatic N) is 2. The molecule has 1 saturated heterocycles. The van der Waals surface area contributed by atoms with Gasteiger partial charge in [0, 0.05) is 19.1 Å². The monoisotopic (exact) mass is 401 g/mol. The van der Waals surface area contributed by atoms with Gasteiger partial charge in [0.15, 0.2) is 5.82 Å². The summed E-state index contributed by atoms with van der Waals surface area (Å²) in [7, 11) is 0. The molecule has 6 nitrogen and oxygen atoms in total. The van der Waals surface area contributed by atoms with E-state index in [4.69, 9.17) is 5.73 Å². The highest BCUT2D eigenvalue weighted by Crippen LogP contribution is 2.44. The standard InChI is InChI=1S/C22H28FN3O3/c1-3-4-18(24)14-7-8-25(10-14)20-12(2)19-15(13-5-6-13)9-16(22(28)29)21(27)26(19)11-17(20)23/h9,11,13-14,18H,3-8,10,24H2,1-2H3,(H,28,29)/t14-,18+/m1/s1. The highest BCUT2D eigenvalue weighted by atomic mass is 19.1. The van der Waals surface area contributed by atoms with Crippen molar-refractivity contribution in [2.75, 3.05) is 18.0 Å². The zero-order chi connectivity index (χ0) is 20.9. The molecule has 0 radical (unpaired) electrons. The van der Waals surface area contributed by atoms with E-state index >= 15 is 4.39 Å². The number of aromatic nitrogens is 1. The molecule has 2 aromatic heterocycles. The second-order valence-corrected chi connectivity index (χ2v) is 8.51.